The molecule has 1 rings (SSSR count). The van der Waals surface area contributed by atoms with Crippen LogP contribution in [0, 0.1) is 0 Å². The molecule has 0 saturated heterocycles. The van der Waals surface area contributed by atoms with Gasteiger partial charge in [-0.2, -0.15) is 0 Å². The van der Waals surface area contributed by atoms with Crippen LogP contribution in [0.25, 0.3) is 0 Å². The van der Waals surface area contributed by atoms with E-state index in [9.17, 15) is 4.79 Å². The number of hydrogen-bond acceptors (Lipinski definition) is 3. The number of carbonyl (C=O) groups excluding carboxylic acids is 1. The Kier molecular flexibility index (Phi) is 6.31. The highest BCUT2D eigenvalue weighted by atomic mass is 79.9. The van der Waals surface area contributed by atoms with Crippen molar-refractivity contribution in [1.82, 2.24) is 5.32 Å². The molecule has 0 heterocycles. The van der Waals surface area contributed by atoms with Gasteiger partial charge >= 0.3 is 0 Å². The van der Waals surface area contributed by atoms with Crippen molar-refractivity contribution in [3.63, 3.8) is 0 Å². The molecule has 1 atom stereocenters. The molecule has 0 spiro atoms. The summed E-state index contributed by atoms with van der Waals surface area (Å²) in [6.45, 7) is 5.96. The van der Waals surface area contributed by atoms with E-state index < -0.39 is 6.10 Å². The lowest BCUT2D eigenvalue weighted by atomic mass is 10.2. The topological polar surface area (TPSA) is 58.6 Å². The van der Waals surface area contributed by atoms with Gasteiger partial charge in [-0.25, -0.2) is 0 Å². The highest BCUT2D eigenvalue weighted by Crippen LogP contribution is 2.24. The molecule has 0 radical (unpaired) electrons. The van der Waals surface area contributed by atoms with Gasteiger partial charge in [-0.15, -0.1) is 0 Å². The van der Waals surface area contributed by atoms with Gasteiger partial charge in [0.1, 0.15) is 5.75 Å². The van der Waals surface area contributed by atoms with E-state index in [2.05, 4.69) is 21.2 Å². The normalized spacial score (nSPS) is 12.3. The van der Waals surface area contributed by atoms with Crippen LogP contribution >= 0.6 is 15.9 Å². The minimum absolute atomic E-state index is 0.00156. The number of benzene rings is 1. The summed E-state index contributed by atoms with van der Waals surface area (Å²) in [5.74, 6) is 0.364. The van der Waals surface area contributed by atoms with E-state index in [4.69, 9.17) is 9.84 Å². The number of nitrogens with one attached hydrogen (secondary N) is 1. The van der Waals surface area contributed by atoms with Gasteiger partial charge in [0, 0.05) is 11.0 Å². The van der Waals surface area contributed by atoms with Crippen LogP contribution in [0.15, 0.2) is 22.7 Å². The SMILES string of the molecule is CC(O)CCNC(=O)c1ccc(Br)cc1OC(C)C. The fourth-order valence-electron chi connectivity index (χ4n) is 1.53. The van der Waals surface area contributed by atoms with E-state index in [-0.39, 0.29) is 12.0 Å². The standard InChI is InChI=1S/C14H20BrNO3/c1-9(2)19-13-8-11(15)4-5-12(13)14(18)16-7-6-10(3)17/h4-5,8-10,17H,6-7H2,1-3H3,(H,16,18). The Morgan fingerprint density at radius 1 is 1.42 bits per heavy atom. The molecular weight excluding hydrogens is 310 g/mol. The second kappa shape index (κ2) is 7.50. The van der Waals surface area contributed by atoms with Crippen LogP contribution in [0.3, 0.4) is 0 Å². The quantitative estimate of drug-likeness (QED) is 0.843. The lowest BCUT2D eigenvalue weighted by Crippen LogP contribution is -2.27. The molecular formula is C14H20BrNO3. The van der Waals surface area contributed by atoms with Crippen molar-refractivity contribution in [1.29, 1.82) is 0 Å². The lowest BCUT2D eigenvalue weighted by Gasteiger charge is -2.15. The predicted molar refractivity (Wildman–Crippen MR) is 78.5 cm³/mol. The third kappa shape index (κ3) is 5.61. The van der Waals surface area contributed by atoms with Crippen molar-refractivity contribution in [3.8, 4) is 5.75 Å². The van der Waals surface area contributed by atoms with Crippen LogP contribution in [0.1, 0.15) is 37.6 Å². The van der Waals surface area contributed by atoms with Crippen LogP contribution in [0.2, 0.25) is 0 Å². The zero-order valence-corrected chi connectivity index (χ0v) is 13.0. The molecule has 0 bridgehead atoms. The molecule has 2 N–H and O–H groups in total. The minimum atomic E-state index is -0.420. The zero-order chi connectivity index (χ0) is 14.4. The maximum atomic E-state index is 12.1. The fourth-order valence-corrected chi connectivity index (χ4v) is 1.87. The molecule has 0 saturated carbocycles. The van der Waals surface area contributed by atoms with Crippen LogP contribution in [-0.4, -0.2) is 29.8 Å². The number of aliphatic hydroxyl groups excluding tert-OH is 1. The van der Waals surface area contributed by atoms with Gasteiger partial charge in [0.2, 0.25) is 0 Å². The first-order valence-corrected chi connectivity index (χ1v) is 7.12. The zero-order valence-electron chi connectivity index (χ0n) is 11.4. The maximum Gasteiger partial charge on any atom is 0.255 e. The number of rotatable bonds is 6. The first-order valence-electron chi connectivity index (χ1n) is 6.32. The van der Waals surface area contributed by atoms with Crippen LogP contribution in [-0.2, 0) is 0 Å². The largest absolute Gasteiger partial charge is 0.490 e. The first kappa shape index (κ1) is 16.0. The van der Waals surface area contributed by atoms with Crippen molar-refractivity contribution in [2.45, 2.75) is 39.4 Å². The predicted octanol–water partition coefficient (Wildman–Crippen LogP) is 2.74. The van der Waals surface area contributed by atoms with Gasteiger partial charge < -0.3 is 15.2 Å². The second-order valence-electron chi connectivity index (χ2n) is 4.70. The number of amides is 1. The Labute approximate surface area is 122 Å². The second-order valence-corrected chi connectivity index (χ2v) is 5.62. The molecule has 19 heavy (non-hydrogen) atoms. The molecule has 0 fully saturated rings. The minimum Gasteiger partial charge on any atom is -0.490 e. The molecule has 0 aromatic heterocycles. The molecule has 0 aliphatic rings. The highest BCUT2D eigenvalue weighted by molar-refractivity contribution is 9.10. The lowest BCUT2D eigenvalue weighted by molar-refractivity contribution is 0.0940. The average Bonchev–Trinajstić information content (AvgIpc) is 2.27. The van der Waals surface area contributed by atoms with Crippen molar-refractivity contribution in [3.05, 3.63) is 28.2 Å². The summed E-state index contributed by atoms with van der Waals surface area (Å²) in [6.07, 6.45) is 0.109. The Morgan fingerprint density at radius 2 is 2.11 bits per heavy atom. The fraction of sp³-hybridized carbons (Fsp3) is 0.500. The third-order valence-corrected chi connectivity index (χ3v) is 2.89. The van der Waals surface area contributed by atoms with Crippen molar-refractivity contribution >= 4 is 21.8 Å². The van der Waals surface area contributed by atoms with Gasteiger partial charge in [-0.3, -0.25) is 4.79 Å². The third-order valence-electron chi connectivity index (χ3n) is 2.40. The summed E-state index contributed by atoms with van der Waals surface area (Å²) in [6, 6.07) is 5.31. The monoisotopic (exact) mass is 329 g/mol. The Bertz CT molecular complexity index is 433. The van der Waals surface area contributed by atoms with E-state index in [0.29, 0.717) is 24.3 Å². The molecule has 4 nitrogen and oxygen atoms in total. The molecule has 0 aliphatic heterocycles. The first-order chi connectivity index (χ1) is 8.90. The van der Waals surface area contributed by atoms with Crippen LogP contribution in [0.4, 0.5) is 0 Å². The van der Waals surface area contributed by atoms with Gasteiger partial charge in [-0.05, 0) is 45.4 Å². The summed E-state index contributed by atoms with van der Waals surface area (Å²) < 4.78 is 6.50. The number of hydrogen-bond donors (Lipinski definition) is 2. The Balaban J connectivity index is 2.77. The number of halogens is 1. The average molecular weight is 330 g/mol. The van der Waals surface area contributed by atoms with E-state index in [0.717, 1.165) is 4.47 Å². The molecule has 1 aromatic rings. The van der Waals surface area contributed by atoms with Crippen molar-refractivity contribution in [2.24, 2.45) is 0 Å². The van der Waals surface area contributed by atoms with Crippen LogP contribution in [0.5, 0.6) is 5.75 Å². The molecule has 5 heteroatoms. The molecule has 1 amide bonds. The maximum absolute atomic E-state index is 12.1. The summed E-state index contributed by atoms with van der Waals surface area (Å²) in [5, 5.41) is 11.9. The van der Waals surface area contributed by atoms with Gasteiger partial charge in [-0.1, -0.05) is 15.9 Å². The Hall–Kier alpha value is -1.07. The Morgan fingerprint density at radius 3 is 2.68 bits per heavy atom. The number of ether oxygens (including phenoxy) is 1. The molecule has 1 unspecified atom stereocenters. The summed E-state index contributed by atoms with van der Waals surface area (Å²) >= 11 is 3.36. The van der Waals surface area contributed by atoms with Crippen LogP contribution < -0.4 is 10.1 Å². The van der Waals surface area contributed by atoms with E-state index >= 15 is 0 Å². The van der Waals surface area contributed by atoms with Gasteiger partial charge in [0.25, 0.3) is 5.91 Å². The van der Waals surface area contributed by atoms with Crippen molar-refractivity contribution < 1.29 is 14.6 Å². The van der Waals surface area contributed by atoms with Gasteiger partial charge in [0.15, 0.2) is 0 Å². The van der Waals surface area contributed by atoms with E-state index in [1.54, 1.807) is 25.1 Å². The highest BCUT2D eigenvalue weighted by Gasteiger charge is 2.14. The van der Waals surface area contributed by atoms with E-state index in [1.165, 1.54) is 0 Å². The van der Waals surface area contributed by atoms with Gasteiger partial charge in [0.05, 0.1) is 17.8 Å². The summed E-state index contributed by atoms with van der Waals surface area (Å²) in [4.78, 5) is 12.1. The number of aliphatic hydroxyl groups is 1. The summed E-state index contributed by atoms with van der Waals surface area (Å²) in [7, 11) is 0. The number of carbonyl (C=O) groups is 1. The molecule has 0 aliphatic carbocycles. The smallest absolute Gasteiger partial charge is 0.255 e. The van der Waals surface area contributed by atoms with Crippen molar-refractivity contribution in [2.75, 3.05) is 6.54 Å². The summed E-state index contributed by atoms with van der Waals surface area (Å²) in [5.41, 5.74) is 0.502. The molecule has 1 aromatic carbocycles. The molecule has 106 valence electrons. The van der Waals surface area contributed by atoms with E-state index in [1.807, 2.05) is 13.8 Å².